The van der Waals surface area contributed by atoms with Gasteiger partial charge in [-0.1, -0.05) is 29.8 Å². The van der Waals surface area contributed by atoms with Crippen LogP contribution >= 0.6 is 24.2 Å². The van der Waals surface area contributed by atoms with E-state index < -0.39 is 0 Å². The summed E-state index contributed by atoms with van der Waals surface area (Å²) in [5.41, 5.74) is 0. The summed E-state index contributed by atoms with van der Waals surface area (Å²) >= 11 is 9.81. The van der Waals surface area contributed by atoms with E-state index in [1.807, 2.05) is 30.4 Å². The Kier molecular flexibility index (Phi) is 4.79. The van der Waals surface area contributed by atoms with E-state index in [0.717, 1.165) is 11.5 Å². The Balaban J connectivity index is 2.41. The molecule has 0 saturated heterocycles. The average molecular weight is 215 g/mol. The van der Waals surface area contributed by atoms with Crippen LogP contribution in [0, 0.1) is 0 Å². The lowest BCUT2D eigenvalue weighted by molar-refractivity contribution is 0.363. The van der Waals surface area contributed by atoms with Crippen molar-refractivity contribution in [2.75, 3.05) is 12.4 Å². The average Bonchev–Trinajstić information content (AvgIpc) is 2.13. The molecule has 1 aromatic carbocycles. The first kappa shape index (κ1) is 10.5. The summed E-state index contributed by atoms with van der Waals surface area (Å²) in [5, 5.41) is 0.690. The first-order valence-electron chi connectivity index (χ1n) is 3.97. The van der Waals surface area contributed by atoms with Gasteiger partial charge in [0.05, 0.1) is 0 Å². The molecule has 0 saturated carbocycles. The van der Waals surface area contributed by atoms with E-state index in [2.05, 4.69) is 12.6 Å². The number of ether oxygens (including phenoxy) is 1. The molecule has 0 spiro atoms. The second kappa shape index (κ2) is 5.95. The number of benzene rings is 1. The van der Waals surface area contributed by atoms with E-state index in [1.54, 1.807) is 6.07 Å². The van der Waals surface area contributed by atoms with E-state index in [1.165, 1.54) is 0 Å². The highest BCUT2D eigenvalue weighted by molar-refractivity contribution is 7.80. The molecule has 0 aliphatic heterocycles. The summed E-state index contributed by atoms with van der Waals surface area (Å²) in [6.45, 7) is 0.556. The van der Waals surface area contributed by atoms with Gasteiger partial charge in [-0.3, -0.25) is 0 Å². The van der Waals surface area contributed by atoms with E-state index in [4.69, 9.17) is 16.3 Å². The topological polar surface area (TPSA) is 9.23 Å². The molecule has 1 nitrogen and oxygen atoms in total. The molecule has 0 unspecified atom stereocenters. The van der Waals surface area contributed by atoms with Crippen molar-refractivity contribution >= 4 is 24.2 Å². The first-order valence-corrected chi connectivity index (χ1v) is 4.98. The molecular formula is C10H11ClOS. The molecule has 1 rings (SSSR count). The van der Waals surface area contributed by atoms with Gasteiger partial charge in [0.2, 0.25) is 0 Å². The molecule has 1 aromatic rings. The van der Waals surface area contributed by atoms with Crippen LogP contribution in [0.15, 0.2) is 36.4 Å². The third kappa shape index (κ3) is 4.25. The van der Waals surface area contributed by atoms with Gasteiger partial charge < -0.3 is 4.74 Å². The maximum absolute atomic E-state index is 5.77. The smallest absolute Gasteiger partial charge is 0.121 e. The predicted octanol–water partition coefficient (Wildman–Crippen LogP) is 3.20. The van der Waals surface area contributed by atoms with Gasteiger partial charge in [0, 0.05) is 10.8 Å². The van der Waals surface area contributed by atoms with Crippen LogP contribution in [-0.4, -0.2) is 12.4 Å². The van der Waals surface area contributed by atoms with Crippen LogP contribution in [0.3, 0.4) is 0 Å². The summed E-state index contributed by atoms with van der Waals surface area (Å²) in [6, 6.07) is 7.34. The molecule has 13 heavy (non-hydrogen) atoms. The molecule has 0 N–H and O–H groups in total. The molecular weight excluding hydrogens is 204 g/mol. The molecule has 0 amide bonds. The summed E-state index contributed by atoms with van der Waals surface area (Å²) in [4.78, 5) is 0. The summed E-state index contributed by atoms with van der Waals surface area (Å²) in [5.74, 6) is 1.52. The largest absolute Gasteiger partial charge is 0.489 e. The molecule has 0 aliphatic rings. The third-order valence-corrected chi connectivity index (χ3v) is 1.86. The van der Waals surface area contributed by atoms with Crippen LogP contribution in [-0.2, 0) is 0 Å². The summed E-state index contributed by atoms with van der Waals surface area (Å²) < 4.78 is 5.38. The highest BCUT2D eigenvalue weighted by Gasteiger charge is 1.91. The molecule has 3 heteroatoms. The predicted molar refractivity (Wildman–Crippen MR) is 59.9 cm³/mol. The van der Waals surface area contributed by atoms with Gasteiger partial charge in [-0.15, -0.1) is 0 Å². The van der Waals surface area contributed by atoms with Crippen LogP contribution in [0.4, 0.5) is 0 Å². The Labute approximate surface area is 88.8 Å². The number of halogens is 1. The Morgan fingerprint density at radius 2 is 2.23 bits per heavy atom. The maximum Gasteiger partial charge on any atom is 0.121 e. The van der Waals surface area contributed by atoms with Gasteiger partial charge >= 0.3 is 0 Å². The quantitative estimate of drug-likeness (QED) is 0.598. The Hall–Kier alpha value is -0.600. The van der Waals surface area contributed by atoms with Crippen LogP contribution < -0.4 is 4.74 Å². The zero-order valence-electron chi connectivity index (χ0n) is 7.11. The van der Waals surface area contributed by atoms with Crippen molar-refractivity contribution in [2.24, 2.45) is 0 Å². The third-order valence-electron chi connectivity index (χ3n) is 1.41. The van der Waals surface area contributed by atoms with Crippen molar-refractivity contribution < 1.29 is 4.74 Å². The van der Waals surface area contributed by atoms with Crippen molar-refractivity contribution in [1.29, 1.82) is 0 Å². The van der Waals surface area contributed by atoms with E-state index in [-0.39, 0.29) is 0 Å². The van der Waals surface area contributed by atoms with Crippen molar-refractivity contribution in [3.63, 3.8) is 0 Å². The van der Waals surface area contributed by atoms with E-state index >= 15 is 0 Å². The minimum absolute atomic E-state index is 0.556. The molecule has 0 fully saturated rings. The minimum atomic E-state index is 0.556. The monoisotopic (exact) mass is 214 g/mol. The van der Waals surface area contributed by atoms with Crippen LogP contribution in [0.25, 0.3) is 0 Å². The maximum atomic E-state index is 5.77. The van der Waals surface area contributed by atoms with E-state index in [0.29, 0.717) is 11.6 Å². The van der Waals surface area contributed by atoms with Crippen LogP contribution in [0.2, 0.25) is 5.02 Å². The van der Waals surface area contributed by atoms with Crippen LogP contribution in [0.5, 0.6) is 5.75 Å². The fourth-order valence-corrected chi connectivity index (χ4v) is 1.17. The first-order chi connectivity index (χ1) is 6.33. The Bertz CT molecular complexity index is 286. The van der Waals surface area contributed by atoms with Gasteiger partial charge in [-0.25, -0.2) is 0 Å². The Morgan fingerprint density at radius 3 is 2.92 bits per heavy atom. The summed E-state index contributed by atoms with van der Waals surface area (Å²) in [7, 11) is 0. The standard InChI is InChI=1S/C10H11ClOS/c11-9-4-3-5-10(8-9)12-6-1-2-7-13/h1-5,8,13H,6-7H2. The van der Waals surface area contributed by atoms with Gasteiger partial charge in [-0.2, -0.15) is 12.6 Å². The molecule has 70 valence electrons. The SMILES string of the molecule is SCC=CCOc1cccc(Cl)c1. The Morgan fingerprint density at radius 1 is 1.38 bits per heavy atom. The molecule has 0 heterocycles. The zero-order chi connectivity index (χ0) is 9.52. The molecule has 0 aliphatic carbocycles. The second-order valence-corrected chi connectivity index (χ2v) is 3.22. The van der Waals surface area contributed by atoms with Crippen molar-refractivity contribution in [3.05, 3.63) is 41.4 Å². The number of thiol groups is 1. The van der Waals surface area contributed by atoms with E-state index in [9.17, 15) is 0 Å². The fourth-order valence-electron chi connectivity index (χ4n) is 0.844. The summed E-state index contributed by atoms with van der Waals surface area (Å²) in [6.07, 6.45) is 3.86. The lowest BCUT2D eigenvalue weighted by Gasteiger charge is -2.02. The molecule has 0 atom stereocenters. The highest BCUT2D eigenvalue weighted by Crippen LogP contribution is 2.16. The number of hydrogen-bond donors (Lipinski definition) is 1. The molecule has 0 radical (unpaired) electrons. The van der Waals surface area contributed by atoms with Crippen LogP contribution in [0.1, 0.15) is 0 Å². The second-order valence-electron chi connectivity index (χ2n) is 2.42. The molecule has 0 aromatic heterocycles. The lowest BCUT2D eigenvalue weighted by atomic mass is 10.3. The van der Waals surface area contributed by atoms with Gasteiger partial charge in [-0.05, 0) is 18.2 Å². The van der Waals surface area contributed by atoms with Gasteiger partial charge in [0.15, 0.2) is 0 Å². The number of hydrogen-bond acceptors (Lipinski definition) is 2. The van der Waals surface area contributed by atoms with Crippen molar-refractivity contribution in [3.8, 4) is 5.75 Å². The van der Waals surface area contributed by atoms with Crippen molar-refractivity contribution in [2.45, 2.75) is 0 Å². The van der Waals surface area contributed by atoms with Gasteiger partial charge in [0.1, 0.15) is 12.4 Å². The minimum Gasteiger partial charge on any atom is -0.489 e. The molecule has 0 bridgehead atoms. The number of rotatable bonds is 4. The fraction of sp³-hybridized carbons (Fsp3) is 0.200. The normalized spacial score (nSPS) is 10.6. The zero-order valence-corrected chi connectivity index (χ0v) is 8.76. The van der Waals surface area contributed by atoms with Gasteiger partial charge in [0.25, 0.3) is 0 Å². The van der Waals surface area contributed by atoms with Crippen molar-refractivity contribution in [1.82, 2.24) is 0 Å². The lowest BCUT2D eigenvalue weighted by Crippen LogP contribution is -1.92. The highest BCUT2D eigenvalue weighted by atomic mass is 35.5.